The Morgan fingerprint density at radius 3 is 2.62 bits per heavy atom. The highest BCUT2D eigenvalue weighted by Gasteiger charge is 2.31. The Kier molecular flexibility index (Phi) is 5.76. The average Bonchev–Trinajstić information content (AvgIpc) is 3.58. The zero-order valence-electron chi connectivity index (χ0n) is 18.6. The summed E-state index contributed by atoms with van der Waals surface area (Å²) in [4.78, 5) is 44.1. The number of carbonyl (C=O) groups excluding carboxylic acids is 2. The van der Waals surface area contributed by atoms with Crippen molar-refractivity contribution in [2.24, 2.45) is 7.05 Å². The molecule has 2 aliphatic rings. The molecule has 2 fully saturated rings. The van der Waals surface area contributed by atoms with E-state index in [1.807, 2.05) is 0 Å². The van der Waals surface area contributed by atoms with Crippen LogP contribution < -0.4 is 15.4 Å². The highest BCUT2D eigenvalue weighted by atomic mass is 16.6. The van der Waals surface area contributed by atoms with Crippen LogP contribution in [0.3, 0.4) is 0 Å². The summed E-state index contributed by atoms with van der Waals surface area (Å²) in [5.41, 5.74) is 1.76. The summed E-state index contributed by atoms with van der Waals surface area (Å²) in [6.07, 6.45) is 8.78. The maximum Gasteiger partial charge on any atom is 0.418 e. The first-order valence-corrected chi connectivity index (χ1v) is 10.7. The van der Waals surface area contributed by atoms with Crippen LogP contribution in [0.15, 0.2) is 31.1 Å². The van der Waals surface area contributed by atoms with Crippen LogP contribution in [0.5, 0.6) is 5.88 Å². The molecule has 34 heavy (non-hydrogen) atoms. The van der Waals surface area contributed by atoms with E-state index in [0.717, 1.165) is 18.5 Å². The van der Waals surface area contributed by atoms with Crippen LogP contribution in [-0.2, 0) is 11.8 Å². The quantitative estimate of drug-likeness (QED) is 0.528. The molecule has 2 amide bonds. The van der Waals surface area contributed by atoms with Crippen molar-refractivity contribution < 1.29 is 19.1 Å². The predicted octanol–water partition coefficient (Wildman–Crippen LogP) is 1.70. The molecule has 13 heteroatoms. The third kappa shape index (κ3) is 4.50. The van der Waals surface area contributed by atoms with E-state index in [9.17, 15) is 9.59 Å². The SMILES string of the molecule is CN(C(=O)c1c(NC(=O)Oc2nc(C3CC3)cnc2Nc2cncnc2)cnn1C)C1COC1. The summed E-state index contributed by atoms with van der Waals surface area (Å²) >= 11 is 0. The fraction of sp³-hybridized carbons (Fsp3) is 0.381. The van der Waals surface area contributed by atoms with Crippen molar-refractivity contribution in [3.8, 4) is 5.88 Å². The van der Waals surface area contributed by atoms with Gasteiger partial charge in [-0.05, 0) is 12.8 Å². The fourth-order valence-electron chi connectivity index (χ4n) is 3.40. The molecule has 5 rings (SSSR count). The van der Waals surface area contributed by atoms with Crippen LogP contribution in [0.1, 0.15) is 34.9 Å². The maximum atomic E-state index is 13.0. The van der Waals surface area contributed by atoms with E-state index in [1.165, 1.54) is 17.2 Å². The van der Waals surface area contributed by atoms with Gasteiger partial charge in [-0.3, -0.25) is 14.8 Å². The van der Waals surface area contributed by atoms with Crippen molar-refractivity contribution in [2.45, 2.75) is 24.8 Å². The molecule has 0 aromatic carbocycles. The number of carbonyl (C=O) groups is 2. The Bertz CT molecular complexity index is 1210. The van der Waals surface area contributed by atoms with Crippen molar-refractivity contribution in [1.29, 1.82) is 0 Å². The summed E-state index contributed by atoms with van der Waals surface area (Å²) in [6, 6.07) is -0.0155. The molecule has 13 nitrogen and oxygen atoms in total. The van der Waals surface area contributed by atoms with E-state index in [-0.39, 0.29) is 35.0 Å². The molecule has 0 unspecified atom stereocenters. The molecule has 3 aromatic rings. The summed E-state index contributed by atoms with van der Waals surface area (Å²) in [5, 5.41) is 9.73. The van der Waals surface area contributed by atoms with Gasteiger partial charge in [0.2, 0.25) is 0 Å². The van der Waals surface area contributed by atoms with Crippen LogP contribution in [0, 0.1) is 0 Å². The summed E-state index contributed by atoms with van der Waals surface area (Å²) in [6.45, 7) is 0.951. The van der Waals surface area contributed by atoms with Gasteiger partial charge in [-0.2, -0.15) is 5.10 Å². The largest absolute Gasteiger partial charge is 0.418 e. The molecule has 3 aromatic heterocycles. The second-order valence-electron chi connectivity index (χ2n) is 8.13. The Balaban J connectivity index is 1.34. The molecule has 4 heterocycles. The lowest BCUT2D eigenvalue weighted by Gasteiger charge is -2.34. The van der Waals surface area contributed by atoms with Gasteiger partial charge < -0.3 is 19.7 Å². The van der Waals surface area contributed by atoms with Gasteiger partial charge >= 0.3 is 6.09 Å². The van der Waals surface area contributed by atoms with Crippen molar-refractivity contribution in [3.63, 3.8) is 0 Å². The van der Waals surface area contributed by atoms with Crippen LogP contribution in [0.2, 0.25) is 0 Å². The van der Waals surface area contributed by atoms with Crippen LogP contribution in [-0.4, -0.2) is 72.9 Å². The summed E-state index contributed by atoms with van der Waals surface area (Å²) in [7, 11) is 3.32. The number of anilines is 3. The number of likely N-dealkylation sites (N-methyl/N-ethyl adjacent to an activating group) is 1. The van der Waals surface area contributed by atoms with Gasteiger partial charge in [0.15, 0.2) is 5.82 Å². The minimum Gasteiger partial charge on any atom is -0.387 e. The monoisotopic (exact) mass is 465 g/mol. The molecular formula is C21H23N9O4. The number of nitrogens with zero attached hydrogens (tertiary/aromatic N) is 7. The Morgan fingerprint density at radius 1 is 1.18 bits per heavy atom. The van der Waals surface area contributed by atoms with Gasteiger partial charge in [0.05, 0.1) is 61.1 Å². The lowest BCUT2D eigenvalue weighted by atomic mass is 10.2. The first-order chi connectivity index (χ1) is 16.5. The smallest absolute Gasteiger partial charge is 0.387 e. The second kappa shape index (κ2) is 9.02. The van der Waals surface area contributed by atoms with E-state index < -0.39 is 6.09 Å². The molecule has 176 valence electrons. The molecule has 0 atom stereocenters. The van der Waals surface area contributed by atoms with Crippen molar-refractivity contribution in [3.05, 3.63) is 42.5 Å². The second-order valence-corrected chi connectivity index (χ2v) is 8.13. The predicted molar refractivity (Wildman–Crippen MR) is 119 cm³/mol. The lowest BCUT2D eigenvalue weighted by molar-refractivity contribution is -0.0470. The van der Waals surface area contributed by atoms with E-state index >= 15 is 0 Å². The Labute approximate surface area is 194 Å². The standard InChI is InChI=1S/C21H23N9O4/c1-29(14-9-33-10-14)20(31)17-16(8-25-30(17)2)28-21(32)34-19-18(26-13-5-22-11-23-6-13)24-7-15(27-19)12-3-4-12/h5-8,11-12,14H,3-4,9-10H2,1-2H3,(H,24,26)(H,28,32). The number of nitrogens with one attached hydrogen (secondary N) is 2. The van der Waals surface area contributed by atoms with Gasteiger partial charge in [0, 0.05) is 20.0 Å². The molecule has 0 bridgehead atoms. The van der Waals surface area contributed by atoms with Crippen LogP contribution in [0.4, 0.5) is 22.0 Å². The number of hydrogen-bond donors (Lipinski definition) is 2. The first kappa shape index (κ1) is 21.7. The summed E-state index contributed by atoms with van der Waals surface area (Å²) in [5.74, 6) is 0.263. The minimum atomic E-state index is -0.828. The van der Waals surface area contributed by atoms with Gasteiger partial charge in [-0.15, -0.1) is 0 Å². The average molecular weight is 465 g/mol. The Hall–Kier alpha value is -4.13. The van der Waals surface area contributed by atoms with E-state index in [2.05, 4.69) is 35.7 Å². The zero-order chi connectivity index (χ0) is 23.7. The fourth-order valence-corrected chi connectivity index (χ4v) is 3.40. The van der Waals surface area contributed by atoms with Crippen LogP contribution in [0.25, 0.3) is 0 Å². The normalized spacial score (nSPS) is 15.4. The summed E-state index contributed by atoms with van der Waals surface area (Å²) < 4.78 is 12.1. The van der Waals surface area contributed by atoms with Crippen molar-refractivity contribution >= 4 is 29.2 Å². The van der Waals surface area contributed by atoms with Gasteiger partial charge in [-0.25, -0.2) is 24.7 Å². The zero-order valence-corrected chi connectivity index (χ0v) is 18.6. The van der Waals surface area contributed by atoms with Crippen molar-refractivity contribution in [1.82, 2.24) is 34.6 Å². The van der Waals surface area contributed by atoms with E-state index in [1.54, 1.807) is 37.6 Å². The highest BCUT2D eigenvalue weighted by molar-refractivity contribution is 6.01. The number of aromatic nitrogens is 6. The lowest BCUT2D eigenvalue weighted by Crippen LogP contribution is -2.50. The maximum absolute atomic E-state index is 13.0. The molecule has 1 aliphatic carbocycles. The topological polar surface area (TPSA) is 149 Å². The number of amides is 2. The number of rotatable bonds is 7. The van der Waals surface area contributed by atoms with Gasteiger partial charge in [-0.1, -0.05) is 0 Å². The third-order valence-electron chi connectivity index (χ3n) is 5.63. The number of aryl methyl sites for hydroxylation is 1. The molecule has 2 N–H and O–H groups in total. The van der Waals surface area contributed by atoms with Gasteiger partial charge in [0.25, 0.3) is 11.8 Å². The highest BCUT2D eigenvalue weighted by Crippen LogP contribution is 2.40. The van der Waals surface area contributed by atoms with Crippen LogP contribution >= 0.6 is 0 Å². The molecule has 0 radical (unpaired) electrons. The Morgan fingerprint density at radius 2 is 1.94 bits per heavy atom. The third-order valence-corrected chi connectivity index (χ3v) is 5.63. The van der Waals surface area contributed by atoms with E-state index in [0.29, 0.717) is 24.8 Å². The minimum absolute atomic E-state index is 0.00579. The number of ether oxygens (including phenoxy) is 2. The van der Waals surface area contributed by atoms with E-state index in [4.69, 9.17) is 9.47 Å². The van der Waals surface area contributed by atoms with Crippen molar-refractivity contribution in [2.75, 3.05) is 30.9 Å². The molecule has 1 saturated heterocycles. The van der Waals surface area contributed by atoms with Gasteiger partial charge in [0.1, 0.15) is 12.0 Å². The first-order valence-electron chi connectivity index (χ1n) is 10.7. The molecule has 1 aliphatic heterocycles. The molecule has 0 spiro atoms. The number of hydrogen-bond acceptors (Lipinski definition) is 10. The molecular weight excluding hydrogens is 442 g/mol. The molecule has 1 saturated carbocycles.